The van der Waals surface area contributed by atoms with Crippen LogP contribution in [0.4, 0.5) is 0 Å². The lowest BCUT2D eigenvalue weighted by molar-refractivity contribution is 0.0519. The highest BCUT2D eigenvalue weighted by Gasteiger charge is 2.24. The van der Waals surface area contributed by atoms with Crippen molar-refractivity contribution in [2.24, 2.45) is 7.05 Å². The smallest absolute Gasteiger partial charge is 0.170 e. The molecule has 1 aromatic heterocycles. The molecule has 2 atom stereocenters. The van der Waals surface area contributed by atoms with Crippen LogP contribution in [0.3, 0.4) is 0 Å². The topological polar surface area (TPSA) is 82.1 Å². The second kappa shape index (κ2) is 3.78. The number of aliphatic hydroxyl groups is 2. The monoisotopic (exact) mass is 195 g/mol. The van der Waals surface area contributed by atoms with Crippen LogP contribution in [0.2, 0.25) is 0 Å². The number of aryl methyl sites for hydroxylation is 2. The minimum atomic E-state index is -1.41. The van der Waals surface area contributed by atoms with Crippen molar-refractivity contribution in [3.63, 3.8) is 0 Å². The van der Waals surface area contributed by atoms with Crippen LogP contribution in [-0.4, -0.2) is 26.1 Å². The Labute approximate surface area is 82.2 Å². The van der Waals surface area contributed by atoms with Crippen molar-refractivity contribution in [3.05, 3.63) is 17.0 Å². The SMILES string of the molecule is Cc1nn(C)c(C)c1C(O)C(O)C#N. The molecule has 0 saturated heterocycles. The molecule has 0 saturated carbocycles. The summed E-state index contributed by atoms with van der Waals surface area (Å²) in [5, 5.41) is 31.4. The lowest BCUT2D eigenvalue weighted by Crippen LogP contribution is -2.17. The Bertz CT molecular complexity index is 378. The van der Waals surface area contributed by atoms with E-state index in [0.717, 1.165) is 5.69 Å². The highest BCUT2D eigenvalue weighted by molar-refractivity contribution is 5.28. The zero-order chi connectivity index (χ0) is 10.9. The first-order valence-electron chi connectivity index (χ1n) is 4.25. The van der Waals surface area contributed by atoms with Gasteiger partial charge < -0.3 is 10.2 Å². The molecule has 2 unspecified atom stereocenters. The summed E-state index contributed by atoms with van der Waals surface area (Å²) in [6.07, 6.45) is -2.59. The molecule has 76 valence electrons. The predicted octanol–water partition coefficient (Wildman–Crippen LogP) is -0.0452. The average Bonchev–Trinajstić information content (AvgIpc) is 2.39. The fourth-order valence-corrected chi connectivity index (χ4v) is 1.45. The average molecular weight is 195 g/mol. The Hall–Kier alpha value is -1.38. The molecule has 0 aliphatic heterocycles. The van der Waals surface area contributed by atoms with Crippen molar-refractivity contribution >= 4 is 0 Å². The van der Waals surface area contributed by atoms with Crippen LogP contribution in [0.15, 0.2) is 0 Å². The van der Waals surface area contributed by atoms with Crippen molar-refractivity contribution in [2.45, 2.75) is 26.1 Å². The Balaban J connectivity index is 3.13. The van der Waals surface area contributed by atoms with Gasteiger partial charge in [0.2, 0.25) is 0 Å². The Kier molecular flexibility index (Phi) is 2.89. The summed E-state index contributed by atoms with van der Waals surface area (Å²) >= 11 is 0. The van der Waals surface area contributed by atoms with Gasteiger partial charge in [-0.1, -0.05) is 0 Å². The van der Waals surface area contributed by atoms with Gasteiger partial charge in [0.15, 0.2) is 6.10 Å². The molecule has 2 N–H and O–H groups in total. The fourth-order valence-electron chi connectivity index (χ4n) is 1.45. The molecule has 0 aromatic carbocycles. The molecule has 0 amide bonds. The minimum absolute atomic E-state index is 0.529. The molecule has 14 heavy (non-hydrogen) atoms. The number of rotatable bonds is 2. The van der Waals surface area contributed by atoms with Crippen molar-refractivity contribution in [1.29, 1.82) is 5.26 Å². The highest BCUT2D eigenvalue weighted by Crippen LogP contribution is 2.23. The van der Waals surface area contributed by atoms with Gasteiger partial charge >= 0.3 is 0 Å². The first-order chi connectivity index (χ1) is 6.49. The minimum Gasteiger partial charge on any atom is -0.384 e. The number of aromatic nitrogens is 2. The second-order valence-electron chi connectivity index (χ2n) is 3.23. The lowest BCUT2D eigenvalue weighted by atomic mass is 10.0. The first kappa shape index (κ1) is 10.7. The van der Waals surface area contributed by atoms with Crippen LogP contribution in [0, 0.1) is 25.2 Å². The van der Waals surface area contributed by atoms with Gasteiger partial charge in [0.25, 0.3) is 0 Å². The second-order valence-corrected chi connectivity index (χ2v) is 3.23. The van der Waals surface area contributed by atoms with E-state index < -0.39 is 12.2 Å². The molecule has 1 rings (SSSR count). The lowest BCUT2D eigenvalue weighted by Gasteiger charge is -2.11. The Morgan fingerprint density at radius 2 is 2.00 bits per heavy atom. The zero-order valence-corrected chi connectivity index (χ0v) is 8.39. The summed E-state index contributed by atoms with van der Waals surface area (Å²) in [5.74, 6) is 0. The van der Waals surface area contributed by atoms with E-state index in [9.17, 15) is 10.2 Å². The maximum atomic E-state index is 9.64. The van der Waals surface area contributed by atoms with Crippen LogP contribution in [0.5, 0.6) is 0 Å². The van der Waals surface area contributed by atoms with Gasteiger partial charge in [0, 0.05) is 18.3 Å². The summed E-state index contributed by atoms with van der Waals surface area (Å²) in [6.45, 7) is 3.51. The molecule has 1 aromatic rings. The molecule has 0 bridgehead atoms. The number of nitriles is 1. The number of nitrogens with zero attached hydrogens (tertiary/aromatic N) is 3. The van der Waals surface area contributed by atoms with Crippen molar-refractivity contribution in [2.75, 3.05) is 0 Å². The first-order valence-corrected chi connectivity index (χ1v) is 4.25. The molecule has 5 heteroatoms. The maximum absolute atomic E-state index is 9.64. The van der Waals surface area contributed by atoms with Crippen molar-refractivity contribution in [3.8, 4) is 6.07 Å². The van der Waals surface area contributed by atoms with Crippen LogP contribution in [0.1, 0.15) is 23.1 Å². The third-order valence-corrected chi connectivity index (χ3v) is 2.29. The van der Waals surface area contributed by atoms with Gasteiger partial charge in [-0.25, -0.2) is 0 Å². The van der Waals surface area contributed by atoms with Gasteiger partial charge in [-0.2, -0.15) is 10.4 Å². The maximum Gasteiger partial charge on any atom is 0.170 e. The van der Waals surface area contributed by atoms with Crippen molar-refractivity contribution < 1.29 is 10.2 Å². The fraction of sp³-hybridized carbons (Fsp3) is 0.556. The van der Waals surface area contributed by atoms with E-state index in [1.165, 1.54) is 0 Å². The standard InChI is InChI=1S/C9H13N3O2/c1-5-8(6(2)12(3)11-5)9(14)7(13)4-10/h7,9,13-14H,1-3H3. The van der Waals surface area contributed by atoms with Crippen molar-refractivity contribution in [1.82, 2.24) is 9.78 Å². The predicted molar refractivity (Wildman–Crippen MR) is 49.3 cm³/mol. The molecule has 0 aliphatic carbocycles. The van der Waals surface area contributed by atoms with Gasteiger partial charge in [0.05, 0.1) is 11.8 Å². The summed E-state index contributed by atoms with van der Waals surface area (Å²) in [4.78, 5) is 0. The normalized spacial score (nSPS) is 14.9. The molecular weight excluding hydrogens is 182 g/mol. The van der Waals surface area contributed by atoms with E-state index in [0.29, 0.717) is 11.3 Å². The van der Waals surface area contributed by atoms with Crippen LogP contribution < -0.4 is 0 Å². The Morgan fingerprint density at radius 1 is 1.43 bits per heavy atom. The number of hydrogen-bond donors (Lipinski definition) is 2. The molecular formula is C9H13N3O2. The molecule has 0 fully saturated rings. The third-order valence-electron chi connectivity index (χ3n) is 2.29. The van der Waals surface area contributed by atoms with Crippen LogP contribution in [0.25, 0.3) is 0 Å². The summed E-state index contributed by atoms with van der Waals surface area (Å²) in [7, 11) is 1.75. The molecule has 0 spiro atoms. The van der Waals surface area contributed by atoms with E-state index in [1.807, 2.05) is 0 Å². The zero-order valence-electron chi connectivity index (χ0n) is 8.39. The number of aliphatic hydroxyl groups excluding tert-OH is 2. The quantitative estimate of drug-likeness (QED) is 0.648. The van der Waals surface area contributed by atoms with E-state index >= 15 is 0 Å². The Morgan fingerprint density at radius 3 is 2.36 bits per heavy atom. The van der Waals surface area contributed by atoms with Gasteiger partial charge in [-0.3, -0.25) is 4.68 Å². The molecule has 1 heterocycles. The summed E-state index contributed by atoms with van der Waals surface area (Å²) in [6, 6.07) is 1.60. The number of hydrogen-bond acceptors (Lipinski definition) is 4. The van der Waals surface area contributed by atoms with E-state index in [1.54, 1.807) is 31.6 Å². The van der Waals surface area contributed by atoms with Crippen LogP contribution >= 0.6 is 0 Å². The van der Waals surface area contributed by atoms with E-state index in [-0.39, 0.29) is 0 Å². The van der Waals surface area contributed by atoms with Crippen LogP contribution in [-0.2, 0) is 7.05 Å². The molecule has 5 nitrogen and oxygen atoms in total. The van der Waals surface area contributed by atoms with Gasteiger partial charge in [0.1, 0.15) is 6.10 Å². The van der Waals surface area contributed by atoms with Gasteiger partial charge in [-0.05, 0) is 13.8 Å². The molecule has 0 radical (unpaired) electrons. The molecule has 0 aliphatic rings. The summed E-state index contributed by atoms with van der Waals surface area (Å²) < 4.78 is 1.61. The van der Waals surface area contributed by atoms with Gasteiger partial charge in [-0.15, -0.1) is 0 Å². The largest absolute Gasteiger partial charge is 0.384 e. The highest BCUT2D eigenvalue weighted by atomic mass is 16.3. The third kappa shape index (κ3) is 1.62. The van der Waals surface area contributed by atoms with E-state index in [2.05, 4.69) is 5.10 Å². The summed E-state index contributed by atoms with van der Waals surface area (Å²) in [5.41, 5.74) is 1.91. The van der Waals surface area contributed by atoms with E-state index in [4.69, 9.17) is 5.26 Å².